The Hall–Kier alpha value is -1.75. The molecule has 3 rings (SSSR count). The van der Waals surface area contributed by atoms with Gasteiger partial charge in [0.25, 0.3) is 0 Å². The molecule has 0 unspecified atom stereocenters. The molecule has 2 heterocycles. The predicted molar refractivity (Wildman–Crippen MR) is 86.7 cm³/mol. The van der Waals surface area contributed by atoms with Crippen LogP contribution in [0.4, 0.5) is 0 Å². The summed E-state index contributed by atoms with van der Waals surface area (Å²) in [4.78, 5) is 14.6. The van der Waals surface area contributed by atoms with Crippen molar-refractivity contribution in [2.24, 2.45) is 5.92 Å². The summed E-state index contributed by atoms with van der Waals surface area (Å²) in [6.45, 7) is 7.37. The minimum Gasteiger partial charge on any atom is -0.485 e. The number of benzene rings is 1. The molecule has 0 N–H and O–H groups in total. The van der Waals surface area contributed by atoms with Crippen molar-refractivity contribution >= 4 is 5.97 Å². The van der Waals surface area contributed by atoms with Gasteiger partial charge < -0.3 is 14.2 Å². The lowest BCUT2D eigenvalue weighted by molar-refractivity contribution is -0.160. The van der Waals surface area contributed by atoms with E-state index in [4.69, 9.17) is 14.2 Å². The van der Waals surface area contributed by atoms with E-state index in [2.05, 4.69) is 11.8 Å². The first-order chi connectivity index (χ1) is 11.1. The normalized spacial score (nSPS) is 23.3. The number of nitrogens with zero attached hydrogens (tertiary/aromatic N) is 1. The highest BCUT2D eigenvalue weighted by molar-refractivity contribution is 5.76. The maximum Gasteiger partial charge on any atom is 0.351 e. The predicted octanol–water partition coefficient (Wildman–Crippen LogP) is 2.49. The molecule has 2 aliphatic rings. The maximum atomic E-state index is 12.3. The number of hydrogen-bond donors (Lipinski definition) is 0. The fourth-order valence-corrected chi connectivity index (χ4v) is 3.06. The Labute approximate surface area is 137 Å². The smallest absolute Gasteiger partial charge is 0.351 e. The van der Waals surface area contributed by atoms with Crippen molar-refractivity contribution in [3.8, 4) is 11.5 Å². The quantitative estimate of drug-likeness (QED) is 0.798. The van der Waals surface area contributed by atoms with Crippen LogP contribution in [0.2, 0.25) is 0 Å². The Morgan fingerprint density at radius 2 is 2.00 bits per heavy atom. The van der Waals surface area contributed by atoms with Crippen LogP contribution in [-0.2, 0) is 9.53 Å². The van der Waals surface area contributed by atoms with Crippen LogP contribution in [0.3, 0.4) is 0 Å². The molecule has 0 saturated carbocycles. The largest absolute Gasteiger partial charge is 0.485 e. The molecular formula is C18H25NO4. The molecule has 1 saturated heterocycles. The number of fused-ring (bicyclic) bond motifs is 1. The van der Waals surface area contributed by atoms with Crippen molar-refractivity contribution in [2.45, 2.75) is 38.9 Å². The van der Waals surface area contributed by atoms with Crippen molar-refractivity contribution < 1.29 is 19.0 Å². The molecule has 2 aliphatic heterocycles. The Kier molecular flexibility index (Phi) is 5.06. The average molecular weight is 319 g/mol. The molecular weight excluding hydrogens is 294 g/mol. The van der Waals surface area contributed by atoms with Gasteiger partial charge in [0.1, 0.15) is 12.7 Å². The lowest BCUT2D eigenvalue weighted by atomic mass is 9.99. The number of carbonyl (C=O) groups is 1. The summed E-state index contributed by atoms with van der Waals surface area (Å²) in [6.07, 6.45) is 1.61. The van der Waals surface area contributed by atoms with Crippen LogP contribution in [0.25, 0.3) is 0 Å². The minimum atomic E-state index is -0.686. The van der Waals surface area contributed by atoms with E-state index in [9.17, 15) is 4.79 Å². The Bertz CT molecular complexity index is 540. The Morgan fingerprint density at radius 3 is 2.74 bits per heavy atom. The number of esters is 1. The first-order valence-corrected chi connectivity index (χ1v) is 8.43. The standard InChI is InChI=1S/C18H25NO4/c1-13-7-9-19(10-8-13)11-14(2)22-18(20)17-12-21-15-5-3-4-6-16(15)23-17/h3-6,13-14,17H,7-12H2,1-2H3/t14-,17+/m1/s1. The minimum absolute atomic E-state index is 0.142. The Morgan fingerprint density at radius 1 is 1.30 bits per heavy atom. The molecule has 23 heavy (non-hydrogen) atoms. The molecule has 126 valence electrons. The number of piperidine rings is 1. The number of rotatable bonds is 4. The van der Waals surface area contributed by atoms with Crippen LogP contribution < -0.4 is 9.47 Å². The van der Waals surface area contributed by atoms with E-state index in [0.717, 1.165) is 25.6 Å². The summed E-state index contributed by atoms with van der Waals surface area (Å²) in [7, 11) is 0. The zero-order valence-electron chi connectivity index (χ0n) is 13.9. The summed E-state index contributed by atoms with van der Waals surface area (Å²) in [5.41, 5.74) is 0. The molecule has 0 aromatic heterocycles. The van der Waals surface area contributed by atoms with Gasteiger partial charge in [-0.25, -0.2) is 4.79 Å². The lowest BCUT2D eigenvalue weighted by Crippen LogP contribution is -2.43. The lowest BCUT2D eigenvalue weighted by Gasteiger charge is -2.32. The van der Waals surface area contributed by atoms with Gasteiger partial charge in [-0.3, -0.25) is 4.90 Å². The maximum absolute atomic E-state index is 12.3. The van der Waals surface area contributed by atoms with Gasteiger partial charge >= 0.3 is 5.97 Å². The van der Waals surface area contributed by atoms with Gasteiger partial charge in [-0.05, 0) is 50.9 Å². The monoisotopic (exact) mass is 319 g/mol. The second-order valence-corrected chi connectivity index (χ2v) is 6.59. The van der Waals surface area contributed by atoms with Crippen LogP contribution in [-0.4, -0.2) is 49.3 Å². The van der Waals surface area contributed by atoms with Gasteiger partial charge in [-0.2, -0.15) is 0 Å². The van der Waals surface area contributed by atoms with Crippen molar-refractivity contribution in [3.05, 3.63) is 24.3 Å². The van der Waals surface area contributed by atoms with Crippen molar-refractivity contribution in [3.63, 3.8) is 0 Å². The molecule has 1 aromatic carbocycles. The fourth-order valence-electron chi connectivity index (χ4n) is 3.06. The van der Waals surface area contributed by atoms with Gasteiger partial charge in [-0.15, -0.1) is 0 Å². The third kappa shape index (κ3) is 4.16. The molecule has 2 atom stereocenters. The van der Waals surface area contributed by atoms with Gasteiger partial charge in [0, 0.05) is 6.54 Å². The molecule has 5 nitrogen and oxygen atoms in total. The van der Waals surface area contributed by atoms with Gasteiger partial charge in [0.15, 0.2) is 11.5 Å². The second-order valence-electron chi connectivity index (χ2n) is 6.59. The molecule has 1 fully saturated rings. The van der Waals surface area contributed by atoms with Crippen molar-refractivity contribution in [2.75, 3.05) is 26.2 Å². The number of carbonyl (C=O) groups excluding carboxylic acids is 1. The van der Waals surface area contributed by atoms with E-state index in [1.54, 1.807) is 6.07 Å². The fraction of sp³-hybridized carbons (Fsp3) is 0.611. The summed E-state index contributed by atoms with van der Waals surface area (Å²) in [5.74, 6) is 1.72. The highest BCUT2D eigenvalue weighted by Gasteiger charge is 2.30. The third-order valence-corrected chi connectivity index (χ3v) is 4.48. The van der Waals surface area contributed by atoms with E-state index >= 15 is 0 Å². The van der Waals surface area contributed by atoms with Crippen molar-refractivity contribution in [1.82, 2.24) is 4.90 Å². The molecule has 0 amide bonds. The van der Waals surface area contributed by atoms with Crippen LogP contribution in [0.15, 0.2) is 24.3 Å². The van der Waals surface area contributed by atoms with E-state index in [1.165, 1.54) is 12.8 Å². The van der Waals surface area contributed by atoms with E-state index in [0.29, 0.717) is 11.5 Å². The van der Waals surface area contributed by atoms with Crippen molar-refractivity contribution in [1.29, 1.82) is 0 Å². The summed E-state index contributed by atoms with van der Waals surface area (Å²) in [5, 5.41) is 0. The van der Waals surface area contributed by atoms with Gasteiger partial charge in [0.2, 0.25) is 6.10 Å². The van der Waals surface area contributed by atoms with E-state index in [1.807, 2.05) is 25.1 Å². The molecule has 0 bridgehead atoms. The average Bonchev–Trinajstić information content (AvgIpc) is 2.56. The van der Waals surface area contributed by atoms with Gasteiger partial charge in [0.05, 0.1) is 0 Å². The zero-order chi connectivity index (χ0) is 16.2. The number of hydrogen-bond acceptors (Lipinski definition) is 5. The molecule has 0 spiro atoms. The van der Waals surface area contributed by atoms with Crippen LogP contribution >= 0.6 is 0 Å². The SMILES string of the molecule is CC1CCN(C[C@@H](C)OC(=O)[C@@H]2COc3ccccc3O2)CC1. The highest BCUT2D eigenvalue weighted by Crippen LogP contribution is 2.31. The molecule has 5 heteroatoms. The topological polar surface area (TPSA) is 48.0 Å². The second kappa shape index (κ2) is 7.21. The summed E-state index contributed by atoms with van der Waals surface area (Å²) >= 11 is 0. The third-order valence-electron chi connectivity index (χ3n) is 4.48. The van der Waals surface area contributed by atoms with E-state index in [-0.39, 0.29) is 18.7 Å². The molecule has 0 radical (unpaired) electrons. The van der Waals surface area contributed by atoms with Crippen LogP contribution in [0, 0.1) is 5.92 Å². The highest BCUT2D eigenvalue weighted by atomic mass is 16.6. The number of para-hydroxylation sites is 2. The molecule has 1 aromatic rings. The summed E-state index contributed by atoms with van der Waals surface area (Å²) < 4.78 is 16.8. The first-order valence-electron chi connectivity index (χ1n) is 8.43. The summed E-state index contributed by atoms with van der Waals surface area (Å²) in [6, 6.07) is 7.36. The Balaban J connectivity index is 1.47. The first kappa shape index (κ1) is 16.1. The van der Waals surface area contributed by atoms with Crippen LogP contribution in [0.5, 0.6) is 11.5 Å². The number of ether oxygens (including phenoxy) is 3. The van der Waals surface area contributed by atoms with Crippen LogP contribution in [0.1, 0.15) is 26.7 Å². The number of likely N-dealkylation sites (tertiary alicyclic amines) is 1. The molecule has 0 aliphatic carbocycles. The van der Waals surface area contributed by atoms with Gasteiger partial charge in [-0.1, -0.05) is 19.1 Å². The zero-order valence-corrected chi connectivity index (χ0v) is 13.9. The van der Waals surface area contributed by atoms with E-state index < -0.39 is 6.10 Å².